The van der Waals surface area contributed by atoms with Gasteiger partial charge >= 0.3 is 6.03 Å². The van der Waals surface area contributed by atoms with Gasteiger partial charge in [0.25, 0.3) is 5.91 Å². The number of aliphatic hydroxyl groups excluding tert-OH is 1. The third kappa shape index (κ3) is 6.65. The Morgan fingerprint density at radius 3 is 2.22 bits per heavy atom. The normalized spacial score (nSPS) is 19.9. The summed E-state index contributed by atoms with van der Waals surface area (Å²) >= 11 is 0. The predicted molar refractivity (Wildman–Crippen MR) is 160 cm³/mol. The maximum atomic E-state index is 13.6. The van der Waals surface area contributed by atoms with Crippen molar-refractivity contribution < 1.29 is 19.5 Å². The van der Waals surface area contributed by atoms with E-state index in [9.17, 15) is 19.5 Å². The smallest absolute Gasteiger partial charge is 0.325 e. The zero-order valence-corrected chi connectivity index (χ0v) is 25.0. The molecule has 2 atom stereocenters. The molecule has 0 saturated carbocycles. The number of piperidine rings is 1. The minimum atomic E-state index is -0.646. The number of aliphatic hydroxyl groups is 1. The summed E-state index contributed by atoms with van der Waals surface area (Å²) in [6.07, 6.45) is 4.27. The second kappa shape index (κ2) is 13.6. The number of hydrogen-bond donors (Lipinski definition) is 3. The van der Waals surface area contributed by atoms with E-state index in [0.717, 1.165) is 62.0 Å². The predicted octanol–water partition coefficient (Wildman–Crippen LogP) is 5.12. The lowest BCUT2D eigenvalue weighted by molar-refractivity contribution is -0.167. The first-order valence-electron chi connectivity index (χ1n) is 15.2. The van der Waals surface area contributed by atoms with E-state index in [2.05, 4.69) is 22.5 Å². The summed E-state index contributed by atoms with van der Waals surface area (Å²) < 4.78 is 0. The van der Waals surface area contributed by atoms with Crippen LogP contribution in [-0.2, 0) is 4.79 Å². The second-order valence-corrected chi connectivity index (χ2v) is 11.6. The van der Waals surface area contributed by atoms with E-state index in [1.54, 1.807) is 12.1 Å². The molecule has 2 aromatic carbocycles. The number of carbonyl (C=O) groups is 3. The van der Waals surface area contributed by atoms with Gasteiger partial charge in [0.2, 0.25) is 5.91 Å². The molecule has 2 aliphatic rings. The van der Waals surface area contributed by atoms with Crippen LogP contribution in [0.15, 0.2) is 48.5 Å². The first-order valence-corrected chi connectivity index (χ1v) is 15.2. The molecule has 8 heteroatoms. The van der Waals surface area contributed by atoms with Crippen molar-refractivity contribution in [2.24, 2.45) is 5.41 Å². The maximum Gasteiger partial charge on any atom is 0.325 e. The van der Waals surface area contributed by atoms with Crippen LogP contribution in [0.1, 0.15) is 98.4 Å². The van der Waals surface area contributed by atoms with Crippen molar-refractivity contribution in [2.75, 3.05) is 26.2 Å². The fourth-order valence-corrected chi connectivity index (χ4v) is 6.29. The van der Waals surface area contributed by atoms with Gasteiger partial charge in [-0.05, 0) is 62.3 Å². The van der Waals surface area contributed by atoms with E-state index < -0.39 is 11.5 Å². The second-order valence-electron chi connectivity index (χ2n) is 11.6. The lowest BCUT2D eigenvalue weighted by Gasteiger charge is -2.54. The molecule has 2 saturated heterocycles. The zero-order valence-electron chi connectivity index (χ0n) is 25.0. The van der Waals surface area contributed by atoms with Gasteiger partial charge in [-0.1, -0.05) is 69.2 Å². The van der Waals surface area contributed by atoms with Crippen LogP contribution in [0.25, 0.3) is 0 Å². The Bertz CT molecular complexity index is 1180. The number of benzene rings is 2. The molecule has 2 aliphatic heterocycles. The van der Waals surface area contributed by atoms with Crippen LogP contribution in [-0.4, -0.2) is 65.0 Å². The maximum absolute atomic E-state index is 13.6. The molecule has 0 spiro atoms. The van der Waals surface area contributed by atoms with E-state index in [-0.39, 0.29) is 30.0 Å². The number of aryl methyl sites for hydroxylation is 1. The Morgan fingerprint density at radius 2 is 1.63 bits per heavy atom. The molecule has 2 fully saturated rings. The fourth-order valence-electron chi connectivity index (χ4n) is 6.29. The quantitative estimate of drug-likeness (QED) is 0.330. The van der Waals surface area contributed by atoms with Gasteiger partial charge in [0, 0.05) is 31.7 Å². The van der Waals surface area contributed by atoms with Crippen LogP contribution in [0.5, 0.6) is 0 Å². The van der Waals surface area contributed by atoms with Crippen molar-refractivity contribution in [1.29, 1.82) is 0 Å². The topological polar surface area (TPSA) is 102 Å². The van der Waals surface area contributed by atoms with Gasteiger partial charge in [-0.2, -0.15) is 0 Å². The van der Waals surface area contributed by atoms with Crippen LogP contribution in [0, 0.1) is 12.3 Å². The van der Waals surface area contributed by atoms with Crippen molar-refractivity contribution in [2.45, 2.75) is 84.4 Å². The molecule has 222 valence electrons. The highest BCUT2D eigenvalue weighted by Crippen LogP contribution is 2.54. The minimum Gasteiger partial charge on any atom is -0.393 e. The van der Waals surface area contributed by atoms with Crippen molar-refractivity contribution in [3.05, 3.63) is 70.8 Å². The SMILES string of the molecule is CCC[C@H](NC(=O)N1C(=O)C(CC)(CC)[C@@H]1c1ccc(C(=O)NCCN2CCC(O)CC2)cc1)c1ccc(C)cc1. The van der Waals surface area contributed by atoms with E-state index >= 15 is 0 Å². The van der Waals surface area contributed by atoms with Gasteiger partial charge in [0.1, 0.15) is 0 Å². The number of β-lactam (4-membered cyclic amide) rings is 1. The van der Waals surface area contributed by atoms with Gasteiger partial charge < -0.3 is 20.6 Å². The molecule has 0 radical (unpaired) electrons. The lowest BCUT2D eigenvalue weighted by atomic mass is 9.64. The van der Waals surface area contributed by atoms with E-state index in [4.69, 9.17) is 0 Å². The van der Waals surface area contributed by atoms with Crippen LogP contribution in [0.2, 0.25) is 0 Å². The van der Waals surface area contributed by atoms with Crippen LogP contribution >= 0.6 is 0 Å². The monoisotopic (exact) mass is 562 g/mol. The lowest BCUT2D eigenvalue weighted by Crippen LogP contribution is -2.66. The Morgan fingerprint density at radius 1 is 1.00 bits per heavy atom. The van der Waals surface area contributed by atoms with Gasteiger partial charge in [-0.3, -0.25) is 14.5 Å². The van der Waals surface area contributed by atoms with Crippen LogP contribution < -0.4 is 10.6 Å². The summed E-state index contributed by atoms with van der Waals surface area (Å²) in [4.78, 5) is 43.6. The first-order chi connectivity index (χ1) is 19.7. The van der Waals surface area contributed by atoms with Gasteiger partial charge in [0.05, 0.1) is 23.6 Å². The third-order valence-corrected chi connectivity index (χ3v) is 9.02. The Labute approximate surface area is 244 Å². The Kier molecular flexibility index (Phi) is 10.2. The molecule has 0 unspecified atom stereocenters. The molecule has 8 nitrogen and oxygen atoms in total. The number of carbonyl (C=O) groups excluding carboxylic acids is 3. The van der Waals surface area contributed by atoms with Gasteiger partial charge in [-0.25, -0.2) is 4.79 Å². The number of nitrogens with one attached hydrogen (secondary N) is 2. The summed E-state index contributed by atoms with van der Waals surface area (Å²) in [6.45, 7) is 11.1. The van der Waals surface area contributed by atoms with E-state index in [0.29, 0.717) is 24.9 Å². The Hall–Kier alpha value is -3.23. The highest BCUT2D eigenvalue weighted by Gasteiger charge is 2.61. The van der Waals surface area contributed by atoms with Crippen molar-refractivity contribution in [3.63, 3.8) is 0 Å². The summed E-state index contributed by atoms with van der Waals surface area (Å²) in [7, 11) is 0. The summed E-state index contributed by atoms with van der Waals surface area (Å²) in [5.41, 5.74) is 2.94. The zero-order chi connectivity index (χ0) is 29.6. The molecule has 0 aliphatic carbocycles. The molecular weight excluding hydrogens is 516 g/mol. The van der Waals surface area contributed by atoms with Gasteiger partial charge in [-0.15, -0.1) is 0 Å². The fraction of sp³-hybridized carbons (Fsp3) is 0.545. The van der Waals surface area contributed by atoms with Crippen molar-refractivity contribution >= 4 is 17.8 Å². The van der Waals surface area contributed by atoms with Crippen LogP contribution in [0.4, 0.5) is 4.79 Å². The average Bonchev–Trinajstić information content (AvgIpc) is 2.98. The average molecular weight is 563 g/mol. The molecule has 4 rings (SSSR count). The minimum absolute atomic E-state index is 0.142. The standard InChI is InChI=1S/C33H46N4O4/c1-5-8-28(24-11-9-23(4)10-12-24)35-32(41)37-29(33(6-2,7-3)31(37)40)25-13-15-26(16-14-25)30(39)34-19-22-36-20-17-27(38)18-21-36/h9-16,27-29,38H,5-8,17-22H2,1-4H3,(H,34,39)(H,35,41)/t28-,29-/m0/s1. The summed E-state index contributed by atoms with van der Waals surface area (Å²) in [5, 5.41) is 15.8. The summed E-state index contributed by atoms with van der Waals surface area (Å²) in [5.74, 6) is -0.290. The first kappa shape index (κ1) is 30.7. The van der Waals surface area contributed by atoms with E-state index in [1.165, 1.54) is 4.90 Å². The molecule has 3 N–H and O–H groups in total. The van der Waals surface area contributed by atoms with Gasteiger partial charge in [0.15, 0.2) is 0 Å². The molecule has 4 amide bonds. The number of nitrogens with zero attached hydrogens (tertiary/aromatic N) is 2. The molecule has 2 aromatic rings. The van der Waals surface area contributed by atoms with E-state index in [1.807, 2.05) is 57.2 Å². The number of likely N-dealkylation sites (tertiary alicyclic amines) is 2. The Balaban J connectivity index is 1.45. The highest BCUT2D eigenvalue weighted by atomic mass is 16.3. The number of amides is 4. The largest absolute Gasteiger partial charge is 0.393 e. The molecule has 41 heavy (non-hydrogen) atoms. The molecule has 0 aromatic heterocycles. The van der Waals surface area contributed by atoms with Crippen LogP contribution in [0.3, 0.4) is 0 Å². The summed E-state index contributed by atoms with van der Waals surface area (Å²) in [6, 6.07) is 14.5. The number of urea groups is 1. The van der Waals surface area contributed by atoms with Crippen molar-refractivity contribution in [1.82, 2.24) is 20.4 Å². The molecule has 0 bridgehead atoms. The molecule has 2 heterocycles. The number of rotatable bonds is 11. The number of imide groups is 1. The third-order valence-electron chi connectivity index (χ3n) is 9.02. The highest BCUT2D eigenvalue weighted by molar-refractivity contribution is 6.04. The number of hydrogen-bond acceptors (Lipinski definition) is 5. The molecular formula is C33H46N4O4. The van der Waals surface area contributed by atoms with Crippen molar-refractivity contribution in [3.8, 4) is 0 Å².